The first-order valence-corrected chi connectivity index (χ1v) is 45.9. The zero-order valence-electron chi connectivity index (χ0n) is 71.5. The third kappa shape index (κ3) is 15.0. The van der Waals surface area contributed by atoms with E-state index in [9.17, 15) is 0 Å². The van der Waals surface area contributed by atoms with Crippen LogP contribution in [0.3, 0.4) is 0 Å². The Morgan fingerprint density at radius 3 is 0.993 bits per heavy atom. The third-order valence-electron chi connectivity index (χ3n) is 24.6. The molecule has 0 amide bonds. The van der Waals surface area contributed by atoms with E-state index in [2.05, 4.69) is 303 Å². The molecule has 0 bridgehead atoms. The van der Waals surface area contributed by atoms with Crippen LogP contribution in [0.4, 0.5) is 0 Å². The number of thiophene rings is 2. The highest BCUT2D eigenvalue weighted by atomic mass is 32.1. The van der Waals surface area contributed by atoms with E-state index in [-0.39, 0.29) is 0 Å². The Morgan fingerprint density at radius 1 is 0.157 bits per heavy atom. The standard InChI is InChI=1S/C41H25N3OS.C39H23N3O2.C39H23N3OS/c1-2-9-26(10-3-1)29-12-8-13-31(23-29)40-42-39(28-19-17-27(18-20-28)36-25-30-11-4-6-15-35(30)45-36)43-41(44-40)32-21-22-38-34(24-32)33-14-5-7-16-37(33)46-38;1-2-9-27-22-29(21-16-24(27)8-1)38-40-37(26-19-17-25(18-20-26)35-23-28-10-3-5-14-33(28)43-35)41-39(42-38)32-13-7-12-31-30-11-4-6-15-34(30)44-36(31)32;1-2-9-27-22-29(21-16-24(27)8-1)38-40-37(26-19-17-25(18-20-26)34-23-28-10-3-5-14-33(28)43-34)41-39(42-38)32-13-7-12-31-30-11-4-6-15-35(30)44-36(31)32/h1-25H;2*1-23H. The van der Waals surface area contributed by atoms with Crippen LogP contribution in [0, 0.1) is 0 Å². The molecule has 0 N–H and O–H groups in total. The van der Waals surface area contributed by atoms with E-state index >= 15 is 0 Å². The molecule has 0 radical (unpaired) electrons. The molecule has 27 aromatic rings. The number of benzene rings is 18. The second-order valence-corrected chi connectivity index (χ2v) is 35.2. The summed E-state index contributed by atoms with van der Waals surface area (Å²) in [5.74, 6) is 8.08. The van der Waals surface area contributed by atoms with E-state index in [0.29, 0.717) is 52.4 Å². The summed E-state index contributed by atoms with van der Waals surface area (Å²) < 4.78 is 29.6. The molecular weight excluding hydrogens is 1680 g/mol. The Morgan fingerprint density at radius 2 is 0.485 bits per heavy atom. The molecule has 13 nitrogen and oxygen atoms in total. The summed E-state index contributed by atoms with van der Waals surface area (Å²) in [4.78, 5) is 45.3. The Hall–Kier alpha value is -17.6. The quantitative estimate of drug-likeness (QED) is 0.107. The second-order valence-electron chi connectivity index (χ2n) is 33.0. The third-order valence-corrected chi connectivity index (χ3v) is 27.0. The molecule has 0 aliphatic carbocycles. The maximum absolute atomic E-state index is 6.37. The van der Waals surface area contributed by atoms with Crippen molar-refractivity contribution in [3.63, 3.8) is 0 Å². The average molecular weight is 1760 g/mol. The highest BCUT2D eigenvalue weighted by Gasteiger charge is 2.24. The smallest absolute Gasteiger partial charge is 0.167 e. The fourth-order valence-corrected chi connectivity index (χ4v) is 20.1. The molecule has 18 aromatic carbocycles. The number of rotatable bonds is 13. The second kappa shape index (κ2) is 33.5. The van der Waals surface area contributed by atoms with Crippen molar-refractivity contribution < 1.29 is 17.7 Å². The fourth-order valence-electron chi connectivity index (χ4n) is 17.8. The summed E-state index contributed by atoms with van der Waals surface area (Å²) >= 11 is 3.58. The first-order chi connectivity index (χ1) is 66.3. The molecule has 0 aliphatic rings. The van der Waals surface area contributed by atoms with Gasteiger partial charge in [0.15, 0.2) is 52.4 Å². The normalized spacial score (nSPS) is 11.6. The van der Waals surface area contributed by atoms with Gasteiger partial charge in [-0.2, -0.15) is 0 Å². The minimum atomic E-state index is 0.559. The summed E-state index contributed by atoms with van der Waals surface area (Å²) in [5, 5.41) is 14.9. The summed E-state index contributed by atoms with van der Waals surface area (Å²) in [6.07, 6.45) is 0. The lowest BCUT2D eigenvalue weighted by Gasteiger charge is -2.10. The Kier molecular flexibility index (Phi) is 19.6. The van der Waals surface area contributed by atoms with Gasteiger partial charge in [-0.3, -0.25) is 0 Å². The summed E-state index contributed by atoms with van der Waals surface area (Å²) in [5.41, 5.74) is 17.8. The zero-order valence-corrected chi connectivity index (χ0v) is 73.1. The number of hydrogen-bond acceptors (Lipinski definition) is 15. The molecule has 0 saturated heterocycles. The Bertz CT molecular complexity index is 8780. The van der Waals surface area contributed by atoms with Crippen LogP contribution in [0.2, 0.25) is 0 Å². The molecular formula is C119H71N9O4S2. The molecule has 628 valence electrons. The predicted molar refractivity (Wildman–Crippen MR) is 548 cm³/mol. The lowest BCUT2D eigenvalue weighted by Crippen LogP contribution is -2.00. The number of para-hydroxylation sites is 5. The number of hydrogen-bond donors (Lipinski definition) is 0. The molecule has 0 fully saturated rings. The predicted octanol–water partition coefficient (Wildman–Crippen LogP) is 32.5. The van der Waals surface area contributed by atoms with Gasteiger partial charge >= 0.3 is 0 Å². The Labute approximate surface area is 774 Å². The van der Waals surface area contributed by atoms with Crippen LogP contribution in [-0.4, -0.2) is 44.9 Å². The summed E-state index contributed by atoms with van der Waals surface area (Å²) in [6.45, 7) is 0. The van der Waals surface area contributed by atoms with Crippen molar-refractivity contribution in [2.45, 2.75) is 0 Å². The minimum absolute atomic E-state index is 0.559. The number of furan rings is 4. The van der Waals surface area contributed by atoms with Crippen LogP contribution in [0.1, 0.15) is 0 Å². The van der Waals surface area contributed by atoms with Crippen LogP contribution in [0.15, 0.2) is 448 Å². The van der Waals surface area contributed by atoms with Crippen molar-refractivity contribution in [3.8, 4) is 148 Å². The summed E-state index contributed by atoms with van der Waals surface area (Å²) in [7, 11) is 0. The largest absolute Gasteiger partial charge is 0.456 e. The van der Waals surface area contributed by atoms with Gasteiger partial charge in [0.2, 0.25) is 0 Å². The van der Waals surface area contributed by atoms with E-state index in [1.807, 2.05) is 127 Å². The summed E-state index contributed by atoms with van der Waals surface area (Å²) in [6, 6.07) is 147. The molecule has 9 aromatic heterocycles. The monoisotopic (exact) mass is 1750 g/mol. The van der Waals surface area contributed by atoms with Gasteiger partial charge in [0, 0.05) is 128 Å². The first kappa shape index (κ1) is 78.6. The van der Waals surface area contributed by atoms with E-state index in [0.717, 1.165) is 161 Å². The molecule has 9 heterocycles. The number of fused-ring (bicyclic) bond motifs is 14. The maximum atomic E-state index is 6.37. The fraction of sp³-hybridized carbons (Fsp3) is 0. The number of aromatic nitrogens is 9. The van der Waals surface area contributed by atoms with E-state index in [1.54, 1.807) is 22.7 Å². The van der Waals surface area contributed by atoms with E-state index < -0.39 is 0 Å². The topological polar surface area (TPSA) is 169 Å². The van der Waals surface area contributed by atoms with Crippen molar-refractivity contribution in [2.75, 3.05) is 0 Å². The molecule has 0 aliphatic heterocycles. The van der Waals surface area contributed by atoms with E-state index in [4.69, 9.17) is 62.5 Å². The molecule has 0 spiro atoms. The van der Waals surface area contributed by atoms with Crippen molar-refractivity contribution in [1.29, 1.82) is 0 Å². The van der Waals surface area contributed by atoms with Crippen molar-refractivity contribution >= 4 is 139 Å². The SMILES string of the molecule is c1ccc(-c2cccc(-c3nc(-c4ccc(-c5cc6ccccc6o5)cc4)nc(-c4ccc5sc6ccccc6c5c4)n3)c2)cc1.c1ccc2cc(-c3nc(-c4ccc(-c5cc6ccccc6o5)cc4)nc(-c4cccc5c4oc4ccccc45)n3)ccc2c1.c1ccc2cc(-c3nc(-c4ccc(-c5cc6ccccc6o5)cc4)nc(-c4cccc5c4sc4ccccc45)n3)ccc2c1. The lowest BCUT2D eigenvalue weighted by atomic mass is 10.0. The maximum Gasteiger partial charge on any atom is 0.167 e. The molecule has 0 unspecified atom stereocenters. The van der Waals surface area contributed by atoms with Gasteiger partial charge in [-0.1, -0.05) is 328 Å². The Balaban J connectivity index is 0.000000108. The van der Waals surface area contributed by atoms with Crippen molar-refractivity contribution in [2.24, 2.45) is 0 Å². The van der Waals surface area contributed by atoms with Crippen molar-refractivity contribution in [3.05, 3.63) is 431 Å². The molecule has 0 atom stereocenters. The van der Waals surface area contributed by atoms with Gasteiger partial charge < -0.3 is 17.7 Å². The van der Waals surface area contributed by atoms with Crippen molar-refractivity contribution in [1.82, 2.24) is 44.9 Å². The zero-order chi connectivity index (χ0) is 88.5. The lowest BCUT2D eigenvalue weighted by molar-refractivity contribution is 0.631. The van der Waals surface area contributed by atoms with Gasteiger partial charge in [-0.15, -0.1) is 22.7 Å². The van der Waals surface area contributed by atoms with Gasteiger partial charge in [-0.25, -0.2) is 44.9 Å². The molecule has 27 rings (SSSR count). The van der Waals surface area contributed by atoms with Crippen LogP contribution in [0.25, 0.3) is 264 Å². The van der Waals surface area contributed by atoms with Crippen LogP contribution < -0.4 is 0 Å². The van der Waals surface area contributed by atoms with Gasteiger partial charge in [0.1, 0.15) is 45.2 Å². The van der Waals surface area contributed by atoms with Crippen LogP contribution >= 0.6 is 22.7 Å². The highest BCUT2D eigenvalue weighted by Crippen LogP contribution is 2.44. The van der Waals surface area contributed by atoms with Gasteiger partial charge in [0.25, 0.3) is 0 Å². The van der Waals surface area contributed by atoms with Gasteiger partial charge in [0.05, 0.1) is 5.56 Å². The van der Waals surface area contributed by atoms with E-state index in [1.165, 1.54) is 51.1 Å². The highest BCUT2D eigenvalue weighted by molar-refractivity contribution is 7.26. The average Bonchev–Trinajstić information content (AvgIpc) is 1.43. The first-order valence-electron chi connectivity index (χ1n) is 44.2. The molecule has 0 saturated carbocycles. The number of nitrogens with zero attached hydrogens (tertiary/aromatic N) is 9. The van der Waals surface area contributed by atoms with Gasteiger partial charge in [-0.05, 0) is 136 Å². The van der Waals surface area contributed by atoms with Crippen LogP contribution in [-0.2, 0) is 0 Å². The molecule has 15 heteroatoms. The van der Waals surface area contributed by atoms with Crippen LogP contribution in [0.5, 0.6) is 0 Å². The molecule has 134 heavy (non-hydrogen) atoms. The minimum Gasteiger partial charge on any atom is -0.456 e.